The monoisotopic (exact) mass is 319 g/mol. The highest BCUT2D eigenvalue weighted by Gasteiger charge is 2.33. The highest BCUT2D eigenvalue weighted by molar-refractivity contribution is 14.1. The number of ether oxygens (including phenoxy) is 1. The minimum Gasteiger partial charge on any atom is -0.401 e. The third-order valence-electron chi connectivity index (χ3n) is 1.28. The highest BCUT2D eigenvalue weighted by Crippen LogP contribution is 2.34. The molecule has 0 saturated heterocycles. The summed E-state index contributed by atoms with van der Waals surface area (Å²) < 4.78 is 39.3. The molecule has 1 aromatic rings. The first-order chi connectivity index (χ1) is 6.31. The molecule has 1 rings (SSSR count). The average Bonchev–Trinajstić information content (AvgIpc) is 2.04. The zero-order valence-corrected chi connectivity index (χ0v) is 8.76. The summed E-state index contributed by atoms with van der Waals surface area (Å²) in [6.07, 6.45) is -3.64. The molecule has 0 fully saturated rings. The highest BCUT2D eigenvalue weighted by atomic mass is 127. The summed E-state index contributed by atoms with van der Waals surface area (Å²) in [7, 11) is 0. The van der Waals surface area contributed by atoms with Crippen LogP contribution in [0.15, 0.2) is 6.20 Å². The van der Waals surface area contributed by atoms with Crippen molar-refractivity contribution in [2.24, 2.45) is 0 Å². The number of anilines is 2. The molecule has 0 saturated carbocycles. The number of nitrogens with two attached hydrogens (primary N) is 2. The number of halogens is 4. The predicted molar refractivity (Wildman–Crippen MR) is 52.5 cm³/mol. The molecule has 0 aromatic carbocycles. The molecule has 0 aliphatic rings. The van der Waals surface area contributed by atoms with E-state index in [-0.39, 0.29) is 15.1 Å². The molecule has 0 aliphatic carbocycles. The maximum atomic E-state index is 11.9. The van der Waals surface area contributed by atoms with E-state index in [1.165, 1.54) is 6.20 Å². The van der Waals surface area contributed by atoms with Gasteiger partial charge in [0.05, 0.1) is 11.9 Å². The van der Waals surface area contributed by atoms with E-state index >= 15 is 0 Å². The van der Waals surface area contributed by atoms with Crippen molar-refractivity contribution >= 4 is 34.0 Å². The third-order valence-corrected chi connectivity index (χ3v) is 2.05. The molecule has 78 valence electrons. The molecule has 4 nitrogen and oxygen atoms in total. The summed E-state index contributed by atoms with van der Waals surface area (Å²) in [6, 6.07) is 0. The van der Waals surface area contributed by atoms with Gasteiger partial charge in [-0.25, -0.2) is 4.98 Å². The summed E-state index contributed by atoms with van der Waals surface area (Å²) >= 11 is 1.57. The smallest absolute Gasteiger partial charge is 0.401 e. The molecule has 4 N–H and O–H groups in total. The second-order valence-electron chi connectivity index (χ2n) is 2.29. The van der Waals surface area contributed by atoms with E-state index in [4.69, 9.17) is 11.5 Å². The van der Waals surface area contributed by atoms with Crippen LogP contribution in [0.2, 0.25) is 0 Å². The zero-order valence-electron chi connectivity index (χ0n) is 6.60. The largest absolute Gasteiger partial charge is 0.573 e. The number of hydrogen-bond donors (Lipinski definition) is 2. The Labute approximate surface area is 90.6 Å². The Bertz CT molecular complexity index is 355. The van der Waals surface area contributed by atoms with E-state index in [9.17, 15) is 13.2 Å². The number of hydrogen-bond acceptors (Lipinski definition) is 4. The molecule has 1 aromatic heterocycles. The van der Waals surface area contributed by atoms with Gasteiger partial charge in [-0.15, -0.1) is 13.2 Å². The lowest BCUT2D eigenvalue weighted by Crippen LogP contribution is -2.19. The van der Waals surface area contributed by atoms with Gasteiger partial charge >= 0.3 is 6.36 Å². The summed E-state index contributed by atoms with van der Waals surface area (Å²) in [5.41, 5.74) is 10.3. The normalized spacial score (nSPS) is 11.4. The van der Waals surface area contributed by atoms with Gasteiger partial charge in [0.2, 0.25) is 0 Å². The summed E-state index contributed by atoms with van der Waals surface area (Å²) in [6.45, 7) is 0. The topological polar surface area (TPSA) is 74.2 Å². The lowest BCUT2D eigenvalue weighted by Gasteiger charge is -2.12. The van der Waals surface area contributed by atoms with Crippen molar-refractivity contribution in [2.45, 2.75) is 6.36 Å². The van der Waals surface area contributed by atoms with Crippen LogP contribution >= 0.6 is 22.6 Å². The van der Waals surface area contributed by atoms with Gasteiger partial charge < -0.3 is 16.2 Å². The van der Waals surface area contributed by atoms with E-state index in [1.54, 1.807) is 22.6 Å². The van der Waals surface area contributed by atoms with Crippen molar-refractivity contribution in [1.82, 2.24) is 4.98 Å². The SMILES string of the molecule is Nc1cnc(I)c(OC(F)(F)F)c1N. The van der Waals surface area contributed by atoms with Gasteiger partial charge in [0.25, 0.3) is 0 Å². The van der Waals surface area contributed by atoms with Gasteiger partial charge in [-0.1, -0.05) is 0 Å². The minimum atomic E-state index is -4.80. The quantitative estimate of drug-likeness (QED) is 0.611. The van der Waals surface area contributed by atoms with E-state index in [1.807, 2.05) is 0 Å². The first-order valence-electron chi connectivity index (χ1n) is 3.26. The molecule has 14 heavy (non-hydrogen) atoms. The van der Waals surface area contributed by atoms with Crippen LogP contribution in [0, 0.1) is 3.70 Å². The van der Waals surface area contributed by atoms with Crippen molar-refractivity contribution in [3.05, 3.63) is 9.90 Å². The van der Waals surface area contributed by atoms with Crippen LogP contribution in [0.4, 0.5) is 24.5 Å². The van der Waals surface area contributed by atoms with Crippen molar-refractivity contribution in [3.63, 3.8) is 0 Å². The molecule has 8 heteroatoms. The van der Waals surface area contributed by atoms with Crippen LogP contribution in [0.3, 0.4) is 0 Å². The van der Waals surface area contributed by atoms with E-state index < -0.39 is 12.1 Å². The molecule has 0 spiro atoms. The second kappa shape index (κ2) is 3.67. The molecule has 0 unspecified atom stereocenters. The lowest BCUT2D eigenvalue weighted by atomic mass is 10.3. The molecule has 0 atom stereocenters. The Morgan fingerprint density at radius 3 is 2.43 bits per heavy atom. The fourth-order valence-electron chi connectivity index (χ4n) is 0.709. The van der Waals surface area contributed by atoms with Gasteiger partial charge in [0.15, 0.2) is 5.75 Å². The number of nitrogens with zero attached hydrogens (tertiary/aromatic N) is 1. The number of rotatable bonds is 1. The van der Waals surface area contributed by atoms with Crippen LogP contribution in [0.5, 0.6) is 5.75 Å². The van der Waals surface area contributed by atoms with Crippen LogP contribution in [-0.4, -0.2) is 11.3 Å². The van der Waals surface area contributed by atoms with Gasteiger partial charge in [-0.05, 0) is 22.6 Å². The van der Waals surface area contributed by atoms with E-state index in [0.29, 0.717) is 0 Å². The molecule has 0 radical (unpaired) electrons. The second-order valence-corrected chi connectivity index (χ2v) is 3.32. The maximum Gasteiger partial charge on any atom is 0.573 e. The minimum absolute atomic E-state index is 0.00613. The first kappa shape index (κ1) is 11.1. The first-order valence-corrected chi connectivity index (χ1v) is 4.34. The van der Waals surface area contributed by atoms with Gasteiger partial charge in [0, 0.05) is 0 Å². The molecular formula is C6H5F3IN3O. The van der Waals surface area contributed by atoms with Crippen LogP contribution in [-0.2, 0) is 0 Å². The zero-order chi connectivity index (χ0) is 10.9. The van der Waals surface area contributed by atoms with Gasteiger partial charge in [-0.2, -0.15) is 0 Å². The fourth-order valence-corrected chi connectivity index (χ4v) is 1.25. The van der Waals surface area contributed by atoms with Crippen LogP contribution < -0.4 is 16.2 Å². The van der Waals surface area contributed by atoms with Crippen molar-refractivity contribution < 1.29 is 17.9 Å². The molecular weight excluding hydrogens is 314 g/mol. The Morgan fingerprint density at radius 2 is 1.93 bits per heavy atom. The van der Waals surface area contributed by atoms with Gasteiger partial charge in [-0.3, -0.25) is 0 Å². The molecule has 0 amide bonds. The van der Waals surface area contributed by atoms with E-state index in [0.717, 1.165) is 0 Å². The third kappa shape index (κ3) is 2.53. The van der Waals surface area contributed by atoms with Crippen LogP contribution in [0.1, 0.15) is 0 Å². The fraction of sp³-hybridized carbons (Fsp3) is 0.167. The summed E-state index contributed by atoms with van der Waals surface area (Å²) in [5.74, 6) is -0.557. The van der Waals surface area contributed by atoms with Gasteiger partial charge in [0.1, 0.15) is 9.39 Å². The van der Waals surface area contributed by atoms with Crippen molar-refractivity contribution in [1.29, 1.82) is 0 Å². The number of nitrogen functional groups attached to an aromatic ring is 2. The predicted octanol–water partition coefficient (Wildman–Crippen LogP) is 1.75. The number of aromatic nitrogens is 1. The number of alkyl halides is 3. The molecule has 0 bridgehead atoms. The Balaban J connectivity index is 3.13. The lowest BCUT2D eigenvalue weighted by molar-refractivity contribution is -0.274. The molecule has 1 heterocycles. The Morgan fingerprint density at radius 1 is 1.36 bits per heavy atom. The van der Waals surface area contributed by atoms with E-state index in [2.05, 4.69) is 9.72 Å². The summed E-state index contributed by atoms with van der Waals surface area (Å²) in [5, 5.41) is 0. The average molecular weight is 319 g/mol. The Kier molecular flexibility index (Phi) is 2.92. The van der Waals surface area contributed by atoms with Crippen molar-refractivity contribution in [2.75, 3.05) is 11.5 Å². The molecule has 0 aliphatic heterocycles. The maximum absolute atomic E-state index is 11.9. The van der Waals surface area contributed by atoms with Crippen molar-refractivity contribution in [3.8, 4) is 5.75 Å². The Hall–Kier alpha value is -0.930. The standard InChI is InChI=1S/C6H5F3IN3O/c7-6(8,9)14-4-3(12)2(11)1-13-5(4)10/h1H,11H2,(H2,12,13). The van der Waals surface area contributed by atoms with Crippen LogP contribution in [0.25, 0.3) is 0 Å². The number of pyridine rings is 1. The summed E-state index contributed by atoms with van der Waals surface area (Å²) in [4.78, 5) is 3.58.